The van der Waals surface area contributed by atoms with E-state index < -0.39 is 10.1 Å². The maximum atomic E-state index is 10.5. The van der Waals surface area contributed by atoms with Crippen molar-refractivity contribution < 1.29 is 13.0 Å². The molecule has 1 N–H and O–H groups in total. The summed E-state index contributed by atoms with van der Waals surface area (Å²) in [6.07, 6.45) is 19.7. The third-order valence-corrected chi connectivity index (χ3v) is 5.36. The minimum atomic E-state index is -3.75. The molecule has 0 heterocycles. The van der Waals surface area contributed by atoms with E-state index >= 15 is 0 Å². The van der Waals surface area contributed by atoms with Crippen molar-refractivity contribution in [3.8, 4) is 0 Å². The molecule has 0 aliphatic heterocycles. The standard InChI is InChI=1S/C18H37ClO3S/c19-17-15-13-11-9-7-5-3-1-2-4-6-8-10-12-14-16-18-23(20,21)22/h1-18H2,(H,20,21,22). The van der Waals surface area contributed by atoms with E-state index in [-0.39, 0.29) is 5.75 Å². The van der Waals surface area contributed by atoms with Gasteiger partial charge < -0.3 is 0 Å². The summed E-state index contributed by atoms with van der Waals surface area (Å²) in [6.45, 7) is 0. The van der Waals surface area contributed by atoms with E-state index in [0.717, 1.165) is 18.7 Å². The highest BCUT2D eigenvalue weighted by Gasteiger charge is 2.02. The fourth-order valence-corrected chi connectivity index (χ4v) is 3.61. The molecule has 0 atom stereocenters. The van der Waals surface area contributed by atoms with Gasteiger partial charge in [-0.25, -0.2) is 0 Å². The lowest BCUT2D eigenvalue weighted by Crippen LogP contribution is -2.03. The van der Waals surface area contributed by atoms with Gasteiger partial charge in [0, 0.05) is 5.88 Å². The molecule has 3 nitrogen and oxygen atoms in total. The molecule has 0 amide bonds. The second kappa shape index (κ2) is 17.0. The van der Waals surface area contributed by atoms with Crippen molar-refractivity contribution in [3.63, 3.8) is 0 Å². The molecule has 0 aromatic rings. The fraction of sp³-hybridized carbons (Fsp3) is 1.00. The van der Waals surface area contributed by atoms with Gasteiger partial charge in [-0.05, 0) is 12.8 Å². The molecule has 0 saturated carbocycles. The largest absolute Gasteiger partial charge is 0.286 e. The van der Waals surface area contributed by atoms with E-state index in [0.29, 0.717) is 6.42 Å². The smallest absolute Gasteiger partial charge is 0.264 e. The lowest BCUT2D eigenvalue weighted by atomic mass is 10.0. The molecule has 5 heteroatoms. The molecule has 140 valence electrons. The summed E-state index contributed by atoms with van der Waals surface area (Å²) in [7, 11) is -3.75. The lowest BCUT2D eigenvalue weighted by molar-refractivity contribution is 0.478. The van der Waals surface area contributed by atoms with Gasteiger partial charge in [0.2, 0.25) is 0 Å². The summed E-state index contributed by atoms with van der Waals surface area (Å²) in [5.41, 5.74) is 0. The van der Waals surface area contributed by atoms with Crippen molar-refractivity contribution in [2.45, 2.75) is 103 Å². The lowest BCUT2D eigenvalue weighted by Gasteiger charge is -2.03. The molecule has 0 aliphatic carbocycles. The summed E-state index contributed by atoms with van der Waals surface area (Å²) >= 11 is 5.65. The minimum absolute atomic E-state index is 0.0836. The molecule has 0 unspecified atom stereocenters. The highest BCUT2D eigenvalue weighted by molar-refractivity contribution is 7.85. The molecule has 0 aromatic heterocycles. The predicted molar refractivity (Wildman–Crippen MR) is 101 cm³/mol. The fourth-order valence-electron chi connectivity index (χ4n) is 2.85. The van der Waals surface area contributed by atoms with Crippen LogP contribution in [0.2, 0.25) is 0 Å². The molecular formula is C18H37ClO3S. The first-order valence-electron chi connectivity index (χ1n) is 9.57. The highest BCUT2D eigenvalue weighted by Crippen LogP contribution is 2.13. The van der Waals surface area contributed by atoms with Gasteiger partial charge in [-0.15, -0.1) is 11.6 Å². The molecule has 23 heavy (non-hydrogen) atoms. The number of hydrogen-bond acceptors (Lipinski definition) is 2. The van der Waals surface area contributed by atoms with Crippen LogP contribution in [-0.2, 0) is 10.1 Å². The number of halogens is 1. The minimum Gasteiger partial charge on any atom is -0.286 e. The maximum absolute atomic E-state index is 10.5. The van der Waals surface area contributed by atoms with Crippen molar-refractivity contribution in [2.75, 3.05) is 11.6 Å². The van der Waals surface area contributed by atoms with Crippen LogP contribution < -0.4 is 0 Å². The first kappa shape index (κ1) is 23.2. The molecule has 0 saturated heterocycles. The summed E-state index contributed by atoms with van der Waals surface area (Å²) in [5, 5.41) is 0. The van der Waals surface area contributed by atoms with Crippen molar-refractivity contribution in [3.05, 3.63) is 0 Å². The molecule has 0 radical (unpaired) electrons. The third-order valence-electron chi connectivity index (χ3n) is 4.29. The zero-order valence-electron chi connectivity index (χ0n) is 14.8. The third kappa shape index (κ3) is 22.2. The molecule has 0 bridgehead atoms. The normalized spacial score (nSPS) is 11.9. The van der Waals surface area contributed by atoms with Gasteiger partial charge >= 0.3 is 0 Å². The van der Waals surface area contributed by atoms with Gasteiger partial charge in [0.05, 0.1) is 5.75 Å². The molecule has 0 aliphatic rings. The van der Waals surface area contributed by atoms with Crippen LogP contribution in [0.25, 0.3) is 0 Å². The molecule has 0 aromatic carbocycles. The summed E-state index contributed by atoms with van der Waals surface area (Å²) in [5.74, 6) is 0.726. The number of rotatable bonds is 18. The molecular weight excluding hydrogens is 332 g/mol. The maximum Gasteiger partial charge on any atom is 0.264 e. The zero-order valence-corrected chi connectivity index (χ0v) is 16.4. The predicted octanol–water partition coefficient (Wildman–Crippen LogP) is 6.35. The molecule has 0 fully saturated rings. The quantitative estimate of drug-likeness (QED) is 0.174. The van der Waals surface area contributed by atoms with Crippen LogP contribution in [0.5, 0.6) is 0 Å². The Morgan fingerprint density at radius 2 is 0.783 bits per heavy atom. The first-order chi connectivity index (χ1) is 11.1. The Hall–Kier alpha value is 0.200. The van der Waals surface area contributed by atoms with Gasteiger partial charge in [0.25, 0.3) is 10.1 Å². The summed E-state index contributed by atoms with van der Waals surface area (Å²) in [4.78, 5) is 0. The van der Waals surface area contributed by atoms with Crippen molar-refractivity contribution in [1.29, 1.82) is 0 Å². The Bertz CT molecular complexity index is 331. The van der Waals surface area contributed by atoms with Crippen LogP contribution in [0.1, 0.15) is 103 Å². The Morgan fingerprint density at radius 1 is 0.522 bits per heavy atom. The van der Waals surface area contributed by atoms with Crippen molar-refractivity contribution >= 4 is 21.7 Å². The van der Waals surface area contributed by atoms with Gasteiger partial charge in [0.1, 0.15) is 0 Å². The van der Waals surface area contributed by atoms with E-state index in [1.54, 1.807) is 0 Å². The second-order valence-electron chi connectivity index (χ2n) is 6.63. The van der Waals surface area contributed by atoms with E-state index in [2.05, 4.69) is 0 Å². The van der Waals surface area contributed by atoms with Gasteiger partial charge in [-0.2, -0.15) is 8.42 Å². The van der Waals surface area contributed by atoms with Crippen LogP contribution in [0.4, 0.5) is 0 Å². The number of alkyl halides is 1. The van der Waals surface area contributed by atoms with Crippen molar-refractivity contribution in [1.82, 2.24) is 0 Å². The monoisotopic (exact) mass is 368 g/mol. The molecule has 0 rings (SSSR count). The van der Waals surface area contributed by atoms with Crippen LogP contribution >= 0.6 is 11.6 Å². The zero-order chi connectivity index (χ0) is 17.2. The van der Waals surface area contributed by atoms with Crippen LogP contribution in [0.3, 0.4) is 0 Å². The van der Waals surface area contributed by atoms with Crippen molar-refractivity contribution in [2.24, 2.45) is 0 Å². The van der Waals surface area contributed by atoms with Crippen LogP contribution in [0, 0.1) is 0 Å². The topological polar surface area (TPSA) is 54.4 Å². The second-order valence-corrected chi connectivity index (χ2v) is 8.58. The van der Waals surface area contributed by atoms with Gasteiger partial charge in [0.15, 0.2) is 0 Å². The molecule has 0 spiro atoms. The summed E-state index contributed by atoms with van der Waals surface area (Å²) in [6, 6.07) is 0. The number of unbranched alkanes of at least 4 members (excludes halogenated alkanes) is 15. The van der Waals surface area contributed by atoms with Gasteiger partial charge in [-0.1, -0.05) is 89.9 Å². The van der Waals surface area contributed by atoms with E-state index in [9.17, 15) is 8.42 Å². The highest BCUT2D eigenvalue weighted by atomic mass is 35.5. The summed E-state index contributed by atoms with van der Waals surface area (Å²) < 4.78 is 29.7. The van der Waals surface area contributed by atoms with E-state index in [1.807, 2.05) is 0 Å². The van der Waals surface area contributed by atoms with E-state index in [4.69, 9.17) is 16.2 Å². The Labute approximate surface area is 149 Å². The van der Waals surface area contributed by atoms with Crippen LogP contribution in [-0.4, -0.2) is 24.6 Å². The first-order valence-corrected chi connectivity index (χ1v) is 11.7. The Morgan fingerprint density at radius 3 is 1.04 bits per heavy atom. The Balaban J connectivity index is 3.03. The van der Waals surface area contributed by atoms with Crippen LogP contribution in [0.15, 0.2) is 0 Å². The number of hydrogen-bond donors (Lipinski definition) is 1. The van der Waals surface area contributed by atoms with Gasteiger partial charge in [-0.3, -0.25) is 4.55 Å². The van der Waals surface area contributed by atoms with E-state index in [1.165, 1.54) is 83.5 Å². The SMILES string of the molecule is O=S(=O)(O)CCCCCCCCCCCCCCCCCCCl. The Kier molecular flexibility index (Phi) is 17.2. The average Bonchev–Trinajstić information content (AvgIpc) is 2.49. The average molecular weight is 369 g/mol.